The van der Waals surface area contributed by atoms with Gasteiger partial charge in [-0.15, -0.1) is 0 Å². The summed E-state index contributed by atoms with van der Waals surface area (Å²) >= 11 is 0. The first-order chi connectivity index (χ1) is 6.92. The van der Waals surface area contributed by atoms with Crippen molar-refractivity contribution in [2.45, 2.75) is 19.1 Å². The van der Waals surface area contributed by atoms with Gasteiger partial charge in [-0.05, 0) is 13.8 Å². The van der Waals surface area contributed by atoms with Crippen molar-refractivity contribution in [1.82, 2.24) is 9.78 Å². The zero-order valence-electron chi connectivity index (χ0n) is 9.17. The molecule has 0 saturated carbocycles. The summed E-state index contributed by atoms with van der Waals surface area (Å²) in [4.78, 5) is 0. The van der Waals surface area contributed by atoms with Crippen LogP contribution in [0.1, 0.15) is 13.8 Å². The standard InChI is InChI=1S/C9H16N2O3S/c1-8(2)15(12,13)5-4-14-9-6-10-11(3)7-9/h6-8H,4-5H2,1-3H3. The maximum absolute atomic E-state index is 11.4. The van der Waals surface area contributed by atoms with Crippen molar-refractivity contribution in [2.24, 2.45) is 7.05 Å². The largest absolute Gasteiger partial charge is 0.489 e. The number of aryl methyl sites for hydroxylation is 1. The van der Waals surface area contributed by atoms with Crippen LogP contribution in [0.5, 0.6) is 5.75 Å². The van der Waals surface area contributed by atoms with E-state index < -0.39 is 9.84 Å². The Morgan fingerprint density at radius 1 is 1.53 bits per heavy atom. The van der Waals surface area contributed by atoms with E-state index in [2.05, 4.69) is 5.10 Å². The number of sulfone groups is 1. The fourth-order valence-corrected chi connectivity index (χ4v) is 1.77. The molecule has 0 N–H and O–H groups in total. The molecule has 0 amide bonds. The van der Waals surface area contributed by atoms with E-state index in [0.717, 1.165) is 0 Å². The first-order valence-corrected chi connectivity index (χ1v) is 6.46. The van der Waals surface area contributed by atoms with Gasteiger partial charge in [-0.25, -0.2) is 8.42 Å². The second kappa shape index (κ2) is 4.65. The van der Waals surface area contributed by atoms with Gasteiger partial charge >= 0.3 is 0 Å². The molecule has 0 radical (unpaired) electrons. The second-order valence-corrected chi connectivity index (χ2v) is 6.29. The Hall–Kier alpha value is -1.04. The Morgan fingerprint density at radius 2 is 2.20 bits per heavy atom. The molecule has 0 atom stereocenters. The molecule has 5 nitrogen and oxygen atoms in total. The average molecular weight is 232 g/mol. The number of aromatic nitrogens is 2. The van der Waals surface area contributed by atoms with Gasteiger partial charge in [-0.3, -0.25) is 4.68 Å². The van der Waals surface area contributed by atoms with Crippen LogP contribution in [-0.2, 0) is 16.9 Å². The normalized spacial score (nSPS) is 12.0. The van der Waals surface area contributed by atoms with Gasteiger partial charge in [0.2, 0.25) is 0 Å². The molecular weight excluding hydrogens is 216 g/mol. The fourth-order valence-electron chi connectivity index (χ4n) is 0.985. The minimum absolute atomic E-state index is 0.0412. The molecule has 6 heteroatoms. The second-order valence-electron chi connectivity index (χ2n) is 3.61. The Labute approximate surface area is 90.0 Å². The van der Waals surface area contributed by atoms with Crippen LogP contribution < -0.4 is 4.74 Å². The molecule has 0 aliphatic carbocycles. The van der Waals surface area contributed by atoms with Gasteiger partial charge in [0.1, 0.15) is 6.61 Å². The van der Waals surface area contributed by atoms with E-state index in [1.54, 1.807) is 38.0 Å². The van der Waals surface area contributed by atoms with Crippen LogP contribution in [0.2, 0.25) is 0 Å². The van der Waals surface area contributed by atoms with Gasteiger partial charge in [-0.1, -0.05) is 0 Å². The molecule has 15 heavy (non-hydrogen) atoms. The van der Waals surface area contributed by atoms with Crippen molar-refractivity contribution in [1.29, 1.82) is 0 Å². The third-order valence-electron chi connectivity index (χ3n) is 2.04. The number of nitrogens with zero attached hydrogens (tertiary/aromatic N) is 2. The Morgan fingerprint density at radius 3 is 2.67 bits per heavy atom. The average Bonchev–Trinajstić information content (AvgIpc) is 2.51. The lowest BCUT2D eigenvalue weighted by molar-refractivity contribution is 0.340. The van der Waals surface area contributed by atoms with E-state index in [4.69, 9.17) is 4.74 Å². The lowest BCUT2D eigenvalue weighted by Crippen LogP contribution is -2.21. The molecule has 1 aromatic heterocycles. The monoisotopic (exact) mass is 232 g/mol. The highest BCUT2D eigenvalue weighted by atomic mass is 32.2. The number of rotatable bonds is 5. The zero-order chi connectivity index (χ0) is 11.5. The van der Waals surface area contributed by atoms with Gasteiger partial charge < -0.3 is 4.74 Å². The molecule has 1 aromatic rings. The zero-order valence-corrected chi connectivity index (χ0v) is 9.99. The van der Waals surface area contributed by atoms with E-state index in [1.807, 2.05) is 0 Å². The van der Waals surface area contributed by atoms with E-state index in [-0.39, 0.29) is 17.6 Å². The van der Waals surface area contributed by atoms with Crippen molar-refractivity contribution >= 4 is 9.84 Å². The van der Waals surface area contributed by atoms with Crippen LogP contribution in [0.25, 0.3) is 0 Å². The van der Waals surface area contributed by atoms with E-state index in [9.17, 15) is 8.42 Å². The minimum atomic E-state index is -3.01. The predicted octanol–water partition coefficient (Wildman–Crippen LogP) is 0.622. The number of ether oxygens (including phenoxy) is 1. The predicted molar refractivity (Wildman–Crippen MR) is 57.6 cm³/mol. The maximum atomic E-state index is 11.4. The Bertz CT molecular complexity index is 409. The van der Waals surface area contributed by atoms with Crippen LogP contribution >= 0.6 is 0 Å². The van der Waals surface area contributed by atoms with Crippen molar-refractivity contribution in [3.8, 4) is 5.75 Å². The lowest BCUT2D eigenvalue weighted by atomic mass is 10.6. The Kier molecular flexibility index (Phi) is 3.73. The molecule has 1 rings (SSSR count). The molecule has 0 aliphatic rings. The van der Waals surface area contributed by atoms with Gasteiger partial charge in [0.15, 0.2) is 15.6 Å². The smallest absolute Gasteiger partial charge is 0.157 e. The third kappa shape index (κ3) is 3.54. The molecular formula is C9H16N2O3S. The minimum Gasteiger partial charge on any atom is -0.489 e. The van der Waals surface area contributed by atoms with Crippen molar-refractivity contribution in [2.75, 3.05) is 12.4 Å². The molecule has 1 heterocycles. The number of hydrogen-bond donors (Lipinski definition) is 0. The van der Waals surface area contributed by atoms with Crippen LogP contribution in [0.3, 0.4) is 0 Å². The van der Waals surface area contributed by atoms with Crippen LogP contribution in [0.15, 0.2) is 12.4 Å². The van der Waals surface area contributed by atoms with Crippen LogP contribution in [0.4, 0.5) is 0 Å². The summed E-state index contributed by atoms with van der Waals surface area (Å²) in [5.74, 6) is 0.635. The summed E-state index contributed by atoms with van der Waals surface area (Å²) in [7, 11) is -1.24. The summed E-state index contributed by atoms with van der Waals surface area (Å²) in [5.41, 5.74) is 0. The highest BCUT2D eigenvalue weighted by Gasteiger charge is 2.15. The van der Waals surface area contributed by atoms with Crippen LogP contribution in [0, 0.1) is 0 Å². The fraction of sp³-hybridized carbons (Fsp3) is 0.667. The first kappa shape index (κ1) is 12.0. The lowest BCUT2D eigenvalue weighted by Gasteiger charge is -2.07. The Balaban J connectivity index is 2.40. The molecule has 86 valence electrons. The van der Waals surface area contributed by atoms with Gasteiger partial charge in [0, 0.05) is 7.05 Å². The van der Waals surface area contributed by atoms with E-state index in [0.29, 0.717) is 5.75 Å². The van der Waals surface area contributed by atoms with Crippen LogP contribution in [-0.4, -0.2) is 35.8 Å². The van der Waals surface area contributed by atoms with Gasteiger partial charge in [0.25, 0.3) is 0 Å². The molecule has 0 spiro atoms. The summed E-state index contributed by atoms with van der Waals surface area (Å²) in [5, 5.41) is 3.56. The molecule has 0 saturated heterocycles. The summed E-state index contributed by atoms with van der Waals surface area (Å²) < 4.78 is 29.7. The van der Waals surface area contributed by atoms with E-state index in [1.165, 1.54) is 0 Å². The molecule has 0 unspecified atom stereocenters. The molecule has 0 fully saturated rings. The first-order valence-electron chi connectivity index (χ1n) is 4.75. The maximum Gasteiger partial charge on any atom is 0.157 e. The van der Waals surface area contributed by atoms with E-state index >= 15 is 0 Å². The molecule has 0 aliphatic heterocycles. The highest BCUT2D eigenvalue weighted by molar-refractivity contribution is 7.91. The van der Waals surface area contributed by atoms with Crippen molar-refractivity contribution < 1.29 is 13.2 Å². The SMILES string of the molecule is CC(C)S(=O)(=O)CCOc1cnn(C)c1. The topological polar surface area (TPSA) is 61.2 Å². The van der Waals surface area contributed by atoms with Crippen molar-refractivity contribution in [3.05, 3.63) is 12.4 Å². The highest BCUT2D eigenvalue weighted by Crippen LogP contribution is 2.07. The summed E-state index contributed by atoms with van der Waals surface area (Å²) in [6.45, 7) is 3.50. The van der Waals surface area contributed by atoms with Gasteiger partial charge in [0.05, 0.1) is 23.4 Å². The molecule has 0 aromatic carbocycles. The summed E-state index contributed by atoms with van der Waals surface area (Å²) in [6, 6.07) is 0. The third-order valence-corrected chi connectivity index (χ3v) is 4.21. The summed E-state index contributed by atoms with van der Waals surface area (Å²) in [6.07, 6.45) is 3.25. The number of hydrogen-bond acceptors (Lipinski definition) is 4. The molecule has 0 bridgehead atoms. The van der Waals surface area contributed by atoms with Gasteiger partial charge in [-0.2, -0.15) is 5.10 Å². The quantitative estimate of drug-likeness (QED) is 0.746. The van der Waals surface area contributed by atoms with Crippen molar-refractivity contribution in [3.63, 3.8) is 0 Å².